The molecule has 0 bridgehead atoms. The number of methoxy groups -OCH3 is 2. The highest BCUT2D eigenvalue weighted by molar-refractivity contribution is 5.92. The van der Waals surface area contributed by atoms with E-state index in [2.05, 4.69) is 20.9 Å². The van der Waals surface area contributed by atoms with E-state index < -0.39 is 17.7 Å². The first-order valence-electron chi connectivity index (χ1n) is 9.94. The molecule has 1 aromatic rings. The van der Waals surface area contributed by atoms with Crippen molar-refractivity contribution >= 4 is 18.0 Å². The molecule has 0 aliphatic heterocycles. The highest BCUT2D eigenvalue weighted by Gasteiger charge is 2.15. The van der Waals surface area contributed by atoms with Crippen molar-refractivity contribution in [1.82, 2.24) is 16.0 Å². The van der Waals surface area contributed by atoms with E-state index in [9.17, 15) is 9.59 Å². The van der Waals surface area contributed by atoms with Gasteiger partial charge in [-0.2, -0.15) is 0 Å². The summed E-state index contributed by atoms with van der Waals surface area (Å²) in [6, 6.07) is 5.28. The van der Waals surface area contributed by atoms with E-state index in [0.29, 0.717) is 49.9 Å². The summed E-state index contributed by atoms with van der Waals surface area (Å²) in [5, 5.41) is 9.10. The molecule has 0 heterocycles. The maximum atomic E-state index is 11.9. The Morgan fingerprint density at radius 3 is 2.37 bits per heavy atom. The van der Waals surface area contributed by atoms with Crippen LogP contribution in [0.2, 0.25) is 0 Å². The van der Waals surface area contributed by atoms with Crippen molar-refractivity contribution in [2.45, 2.75) is 46.3 Å². The maximum Gasteiger partial charge on any atom is 0.407 e. The Balaban J connectivity index is 2.58. The Morgan fingerprint density at radius 2 is 1.77 bits per heavy atom. The molecule has 0 aliphatic rings. The molecule has 0 atom stereocenters. The van der Waals surface area contributed by atoms with E-state index in [0.717, 1.165) is 5.56 Å². The topological polar surface area (TPSA) is 110 Å². The van der Waals surface area contributed by atoms with Crippen molar-refractivity contribution in [3.05, 3.63) is 29.3 Å². The smallest absolute Gasteiger partial charge is 0.407 e. The first-order valence-corrected chi connectivity index (χ1v) is 9.94. The van der Waals surface area contributed by atoms with Crippen LogP contribution in [-0.4, -0.2) is 57.5 Å². The number of ether oxygens (including phenoxy) is 3. The van der Waals surface area contributed by atoms with E-state index in [-0.39, 0.29) is 0 Å². The number of hydrogen-bond acceptors (Lipinski definition) is 6. The average molecular weight is 423 g/mol. The third-order valence-corrected chi connectivity index (χ3v) is 3.75. The van der Waals surface area contributed by atoms with Crippen LogP contribution in [0.3, 0.4) is 0 Å². The molecule has 0 saturated heterocycles. The van der Waals surface area contributed by atoms with Gasteiger partial charge in [-0.25, -0.2) is 14.6 Å². The SMILES string of the molecule is CCNC(=NCc1ccc(OC)c(C(=O)OC)c1)NCCCNC(=O)OC(C)(C)C. The Kier molecular flexibility index (Phi) is 10.5. The zero-order chi connectivity index (χ0) is 22.6. The molecular formula is C21H34N4O5. The van der Waals surface area contributed by atoms with Gasteiger partial charge in [0, 0.05) is 19.6 Å². The molecule has 168 valence electrons. The van der Waals surface area contributed by atoms with Crippen LogP contribution in [-0.2, 0) is 16.0 Å². The van der Waals surface area contributed by atoms with Crippen molar-refractivity contribution in [2.75, 3.05) is 33.9 Å². The highest BCUT2D eigenvalue weighted by Crippen LogP contribution is 2.21. The maximum absolute atomic E-state index is 11.9. The van der Waals surface area contributed by atoms with Crippen LogP contribution in [0.4, 0.5) is 4.79 Å². The molecule has 0 spiro atoms. The summed E-state index contributed by atoms with van der Waals surface area (Å²) in [5.74, 6) is 0.641. The van der Waals surface area contributed by atoms with Crippen LogP contribution in [0, 0.1) is 0 Å². The monoisotopic (exact) mass is 422 g/mol. The third-order valence-electron chi connectivity index (χ3n) is 3.75. The lowest BCUT2D eigenvalue weighted by Crippen LogP contribution is -2.39. The second kappa shape index (κ2) is 12.6. The van der Waals surface area contributed by atoms with Crippen molar-refractivity contribution in [3.8, 4) is 5.75 Å². The molecule has 0 fully saturated rings. The minimum absolute atomic E-state index is 0.360. The number of alkyl carbamates (subject to hydrolysis) is 1. The van der Waals surface area contributed by atoms with E-state index in [1.54, 1.807) is 12.1 Å². The number of carbonyl (C=O) groups excluding carboxylic acids is 2. The van der Waals surface area contributed by atoms with Crippen molar-refractivity contribution in [1.29, 1.82) is 0 Å². The van der Waals surface area contributed by atoms with Gasteiger partial charge < -0.3 is 30.2 Å². The van der Waals surface area contributed by atoms with Gasteiger partial charge in [-0.1, -0.05) is 6.07 Å². The minimum atomic E-state index is -0.512. The molecule has 9 nitrogen and oxygen atoms in total. The number of nitrogens with zero attached hydrogens (tertiary/aromatic N) is 1. The van der Waals surface area contributed by atoms with Crippen LogP contribution in [0.15, 0.2) is 23.2 Å². The molecular weight excluding hydrogens is 388 g/mol. The molecule has 0 unspecified atom stereocenters. The van der Waals surface area contributed by atoms with E-state index in [1.807, 2.05) is 33.8 Å². The number of aliphatic imine (C=N–C) groups is 1. The Morgan fingerprint density at radius 1 is 1.07 bits per heavy atom. The average Bonchev–Trinajstić information content (AvgIpc) is 2.69. The Bertz CT molecular complexity index is 729. The first-order chi connectivity index (χ1) is 14.2. The summed E-state index contributed by atoms with van der Waals surface area (Å²) < 4.78 is 15.2. The molecule has 9 heteroatoms. The van der Waals surface area contributed by atoms with Crippen molar-refractivity contribution in [2.24, 2.45) is 4.99 Å². The lowest BCUT2D eigenvalue weighted by molar-refractivity contribution is 0.0526. The fourth-order valence-corrected chi connectivity index (χ4v) is 2.43. The molecule has 0 aromatic heterocycles. The molecule has 0 radical (unpaired) electrons. The molecule has 1 rings (SSSR count). The number of nitrogens with one attached hydrogen (secondary N) is 3. The normalized spacial score (nSPS) is 11.5. The van der Waals surface area contributed by atoms with Gasteiger partial charge in [0.1, 0.15) is 16.9 Å². The van der Waals surface area contributed by atoms with Crippen LogP contribution >= 0.6 is 0 Å². The molecule has 0 saturated carbocycles. The number of hydrogen-bond donors (Lipinski definition) is 3. The van der Waals surface area contributed by atoms with Gasteiger partial charge in [-0.05, 0) is 51.8 Å². The molecule has 30 heavy (non-hydrogen) atoms. The largest absolute Gasteiger partial charge is 0.496 e. The molecule has 3 N–H and O–H groups in total. The van der Waals surface area contributed by atoms with Crippen LogP contribution in [0.25, 0.3) is 0 Å². The summed E-state index contributed by atoms with van der Waals surface area (Å²) in [5.41, 5.74) is 0.696. The second-order valence-corrected chi connectivity index (χ2v) is 7.43. The van der Waals surface area contributed by atoms with Crippen LogP contribution in [0.1, 0.15) is 50.0 Å². The summed E-state index contributed by atoms with van der Waals surface area (Å²) >= 11 is 0. The molecule has 1 amide bonds. The Hall–Kier alpha value is -2.97. The van der Waals surface area contributed by atoms with Gasteiger partial charge in [0.25, 0.3) is 0 Å². The number of esters is 1. The zero-order valence-electron chi connectivity index (χ0n) is 18.8. The standard InChI is InChI=1S/C21H34N4O5/c1-7-22-19(23-11-8-12-24-20(27)30-21(2,3)4)25-14-15-9-10-17(28-5)16(13-15)18(26)29-6/h9-10,13H,7-8,11-12,14H2,1-6H3,(H,24,27)(H2,22,23,25). The van der Waals surface area contributed by atoms with Crippen molar-refractivity contribution in [3.63, 3.8) is 0 Å². The summed E-state index contributed by atoms with van der Waals surface area (Å²) in [6.45, 7) is 9.64. The Labute approximate surface area is 178 Å². The van der Waals surface area contributed by atoms with Crippen LogP contribution in [0.5, 0.6) is 5.75 Å². The number of amides is 1. The summed E-state index contributed by atoms with van der Waals surface area (Å²) in [4.78, 5) is 28.1. The minimum Gasteiger partial charge on any atom is -0.496 e. The summed E-state index contributed by atoms with van der Waals surface area (Å²) in [6.07, 6.45) is 0.280. The fraction of sp³-hybridized carbons (Fsp3) is 0.571. The van der Waals surface area contributed by atoms with Gasteiger partial charge in [-0.15, -0.1) is 0 Å². The lowest BCUT2D eigenvalue weighted by atomic mass is 10.1. The zero-order valence-corrected chi connectivity index (χ0v) is 18.8. The van der Waals surface area contributed by atoms with Gasteiger partial charge in [0.2, 0.25) is 0 Å². The predicted molar refractivity (Wildman–Crippen MR) is 116 cm³/mol. The quantitative estimate of drug-likeness (QED) is 0.243. The molecule has 0 aliphatic carbocycles. The summed E-state index contributed by atoms with van der Waals surface area (Å²) in [7, 11) is 2.84. The second-order valence-electron chi connectivity index (χ2n) is 7.43. The third kappa shape index (κ3) is 9.49. The van der Waals surface area contributed by atoms with E-state index >= 15 is 0 Å². The lowest BCUT2D eigenvalue weighted by Gasteiger charge is -2.19. The fourth-order valence-electron chi connectivity index (χ4n) is 2.43. The van der Waals surface area contributed by atoms with E-state index in [1.165, 1.54) is 14.2 Å². The van der Waals surface area contributed by atoms with Gasteiger partial charge in [0.05, 0.1) is 20.8 Å². The first kappa shape index (κ1) is 25.1. The number of guanidine groups is 1. The van der Waals surface area contributed by atoms with Crippen LogP contribution < -0.4 is 20.7 Å². The number of carbonyl (C=O) groups is 2. The highest BCUT2D eigenvalue weighted by atomic mass is 16.6. The predicted octanol–water partition coefficient (Wildman–Crippen LogP) is 2.45. The molecule has 1 aromatic carbocycles. The number of benzene rings is 1. The van der Waals surface area contributed by atoms with Crippen molar-refractivity contribution < 1.29 is 23.8 Å². The van der Waals surface area contributed by atoms with Gasteiger partial charge >= 0.3 is 12.1 Å². The van der Waals surface area contributed by atoms with E-state index in [4.69, 9.17) is 14.2 Å². The van der Waals surface area contributed by atoms with Gasteiger partial charge in [0.15, 0.2) is 5.96 Å². The van der Waals surface area contributed by atoms with Gasteiger partial charge in [-0.3, -0.25) is 0 Å². The number of rotatable bonds is 9.